The van der Waals surface area contributed by atoms with E-state index in [9.17, 15) is 0 Å². The van der Waals surface area contributed by atoms with Gasteiger partial charge < -0.3 is 10.6 Å². The summed E-state index contributed by atoms with van der Waals surface area (Å²) in [7, 11) is 0. The Balaban J connectivity index is 1.73. The smallest absolute Gasteiger partial charge is 0.0387 e. The fourth-order valence-corrected chi connectivity index (χ4v) is 2.23. The van der Waals surface area contributed by atoms with Crippen molar-refractivity contribution in [3.8, 4) is 0 Å². The van der Waals surface area contributed by atoms with E-state index in [0.29, 0.717) is 0 Å². The first-order chi connectivity index (χ1) is 7.81. The first-order valence-corrected chi connectivity index (χ1v) is 6.42. The minimum Gasteiger partial charge on any atom is -0.399 e. The van der Waals surface area contributed by atoms with Crippen LogP contribution in [-0.2, 0) is 0 Å². The lowest BCUT2D eigenvalue weighted by atomic mass is 10.2. The molecule has 2 heteroatoms. The molecule has 0 aliphatic heterocycles. The van der Waals surface area contributed by atoms with Crippen LogP contribution in [0.25, 0.3) is 0 Å². The summed E-state index contributed by atoms with van der Waals surface area (Å²) >= 11 is 0. The van der Waals surface area contributed by atoms with Crippen LogP contribution >= 0.6 is 0 Å². The Labute approximate surface area is 97.4 Å². The van der Waals surface area contributed by atoms with Crippen LogP contribution in [0.1, 0.15) is 25.7 Å². The van der Waals surface area contributed by atoms with Gasteiger partial charge in [-0.25, -0.2) is 0 Å². The first-order valence-electron chi connectivity index (χ1n) is 6.42. The van der Waals surface area contributed by atoms with E-state index in [1.165, 1.54) is 44.5 Å². The Morgan fingerprint density at radius 1 is 1.06 bits per heavy atom. The molecule has 1 aromatic rings. The highest BCUT2D eigenvalue weighted by atomic mass is 15.1. The molecule has 2 nitrogen and oxygen atoms in total. The third-order valence-corrected chi connectivity index (χ3v) is 3.59. The van der Waals surface area contributed by atoms with Crippen molar-refractivity contribution < 1.29 is 0 Å². The maximum Gasteiger partial charge on any atom is 0.0387 e. The van der Waals surface area contributed by atoms with Gasteiger partial charge in [-0.15, -0.1) is 0 Å². The molecular weight excluding hydrogens is 196 g/mol. The molecule has 2 saturated carbocycles. The molecule has 2 aliphatic carbocycles. The largest absolute Gasteiger partial charge is 0.399 e. The van der Waals surface area contributed by atoms with Crippen molar-refractivity contribution in [2.75, 3.05) is 23.7 Å². The van der Waals surface area contributed by atoms with Crippen LogP contribution in [0.5, 0.6) is 0 Å². The van der Waals surface area contributed by atoms with E-state index >= 15 is 0 Å². The number of rotatable bonds is 5. The van der Waals surface area contributed by atoms with Crippen LogP contribution in [0, 0.1) is 11.8 Å². The number of benzene rings is 1. The summed E-state index contributed by atoms with van der Waals surface area (Å²) in [5.41, 5.74) is 8.06. The van der Waals surface area contributed by atoms with Crippen LogP contribution in [0.3, 0.4) is 0 Å². The zero-order valence-electron chi connectivity index (χ0n) is 9.73. The lowest BCUT2D eigenvalue weighted by molar-refractivity contribution is 0.679. The third-order valence-electron chi connectivity index (χ3n) is 3.59. The van der Waals surface area contributed by atoms with E-state index in [1.54, 1.807) is 0 Å². The van der Waals surface area contributed by atoms with Crippen molar-refractivity contribution in [1.82, 2.24) is 0 Å². The average Bonchev–Trinajstić information content (AvgIpc) is 3.11. The molecule has 0 saturated heterocycles. The molecule has 0 heterocycles. The molecule has 1 aromatic carbocycles. The number of anilines is 2. The van der Waals surface area contributed by atoms with Gasteiger partial charge in [0, 0.05) is 24.5 Å². The Bertz CT molecular complexity index is 353. The molecule has 16 heavy (non-hydrogen) atoms. The standard InChI is InChI=1S/C14H20N2/c15-13-2-1-3-14(8-13)16(9-11-4-5-11)10-12-6-7-12/h1-3,8,11-12H,4-7,9-10,15H2. The van der Waals surface area contributed by atoms with Crippen molar-refractivity contribution in [2.24, 2.45) is 11.8 Å². The van der Waals surface area contributed by atoms with Crippen LogP contribution in [-0.4, -0.2) is 13.1 Å². The summed E-state index contributed by atoms with van der Waals surface area (Å²) in [5, 5.41) is 0. The monoisotopic (exact) mass is 216 g/mol. The summed E-state index contributed by atoms with van der Waals surface area (Å²) in [6.45, 7) is 2.47. The molecule has 3 rings (SSSR count). The molecule has 0 atom stereocenters. The van der Waals surface area contributed by atoms with Crippen molar-refractivity contribution in [3.63, 3.8) is 0 Å². The molecule has 2 fully saturated rings. The summed E-state index contributed by atoms with van der Waals surface area (Å²) in [4.78, 5) is 2.55. The maximum atomic E-state index is 5.86. The lowest BCUT2D eigenvalue weighted by Gasteiger charge is -2.25. The third kappa shape index (κ3) is 2.49. The van der Waals surface area contributed by atoms with Gasteiger partial charge in [0.2, 0.25) is 0 Å². The molecule has 2 N–H and O–H groups in total. The second kappa shape index (κ2) is 4.00. The summed E-state index contributed by atoms with van der Waals surface area (Å²) in [6, 6.07) is 8.35. The Kier molecular flexibility index (Phi) is 2.50. The summed E-state index contributed by atoms with van der Waals surface area (Å²) in [5.74, 6) is 1.89. The Morgan fingerprint density at radius 2 is 1.69 bits per heavy atom. The van der Waals surface area contributed by atoms with Gasteiger partial charge in [-0.2, -0.15) is 0 Å². The van der Waals surface area contributed by atoms with E-state index < -0.39 is 0 Å². The van der Waals surface area contributed by atoms with Gasteiger partial charge in [-0.05, 0) is 55.7 Å². The number of hydrogen-bond acceptors (Lipinski definition) is 2. The van der Waals surface area contributed by atoms with Crippen molar-refractivity contribution >= 4 is 11.4 Å². The number of nitrogen functional groups attached to an aromatic ring is 1. The number of hydrogen-bond donors (Lipinski definition) is 1. The number of nitrogens with zero attached hydrogens (tertiary/aromatic N) is 1. The van der Waals surface area contributed by atoms with Crippen LogP contribution in [0.4, 0.5) is 11.4 Å². The molecular formula is C14H20N2. The normalized spacial score (nSPS) is 19.8. The highest BCUT2D eigenvalue weighted by Crippen LogP contribution is 2.35. The topological polar surface area (TPSA) is 29.3 Å². The van der Waals surface area contributed by atoms with Crippen LogP contribution in [0.15, 0.2) is 24.3 Å². The summed E-state index contributed by atoms with van der Waals surface area (Å²) in [6.07, 6.45) is 5.68. The fourth-order valence-electron chi connectivity index (χ4n) is 2.23. The van der Waals surface area contributed by atoms with E-state index in [1.807, 2.05) is 6.07 Å². The van der Waals surface area contributed by atoms with E-state index in [-0.39, 0.29) is 0 Å². The van der Waals surface area contributed by atoms with Crippen molar-refractivity contribution in [2.45, 2.75) is 25.7 Å². The molecule has 0 bridgehead atoms. The molecule has 86 valence electrons. The highest BCUT2D eigenvalue weighted by Gasteiger charge is 2.29. The zero-order valence-corrected chi connectivity index (χ0v) is 9.73. The van der Waals surface area contributed by atoms with Gasteiger partial charge in [0.1, 0.15) is 0 Å². The zero-order chi connectivity index (χ0) is 11.0. The Hall–Kier alpha value is -1.18. The van der Waals surface area contributed by atoms with Gasteiger partial charge in [0.05, 0.1) is 0 Å². The second-order valence-electron chi connectivity index (χ2n) is 5.39. The Morgan fingerprint density at radius 3 is 2.19 bits per heavy atom. The molecule has 0 radical (unpaired) electrons. The highest BCUT2D eigenvalue weighted by molar-refractivity contribution is 5.56. The lowest BCUT2D eigenvalue weighted by Crippen LogP contribution is -2.28. The minimum atomic E-state index is 0.883. The quantitative estimate of drug-likeness (QED) is 0.767. The first kappa shape index (κ1) is 10.0. The van der Waals surface area contributed by atoms with E-state index in [0.717, 1.165) is 17.5 Å². The molecule has 0 spiro atoms. The van der Waals surface area contributed by atoms with Crippen LogP contribution in [0.2, 0.25) is 0 Å². The number of nitrogens with two attached hydrogens (primary N) is 1. The van der Waals surface area contributed by atoms with E-state index in [4.69, 9.17) is 5.73 Å². The molecule has 2 aliphatic rings. The van der Waals surface area contributed by atoms with Gasteiger partial charge in [0.15, 0.2) is 0 Å². The second-order valence-corrected chi connectivity index (χ2v) is 5.39. The van der Waals surface area contributed by atoms with Crippen LogP contribution < -0.4 is 10.6 Å². The van der Waals surface area contributed by atoms with Gasteiger partial charge in [-0.1, -0.05) is 6.07 Å². The fraction of sp³-hybridized carbons (Fsp3) is 0.571. The van der Waals surface area contributed by atoms with Gasteiger partial charge >= 0.3 is 0 Å². The average molecular weight is 216 g/mol. The SMILES string of the molecule is Nc1cccc(N(CC2CC2)CC2CC2)c1. The summed E-state index contributed by atoms with van der Waals surface area (Å²) < 4.78 is 0. The van der Waals surface area contributed by atoms with Crippen molar-refractivity contribution in [1.29, 1.82) is 0 Å². The molecule has 0 amide bonds. The predicted molar refractivity (Wildman–Crippen MR) is 68.5 cm³/mol. The molecule has 0 unspecified atom stereocenters. The van der Waals surface area contributed by atoms with Gasteiger partial charge in [-0.3, -0.25) is 0 Å². The maximum absolute atomic E-state index is 5.86. The minimum absolute atomic E-state index is 0.883. The van der Waals surface area contributed by atoms with Crippen molar-refractivity contribution in [3.05, 3.63) is 24.3 Å². The van der Waals surface area contributed by atoms with Gasteiger partial charge in [0.25, 0.3) is 0 Å². The predicted octanol–water partition coefficient (Wildman–Crippen LogP) is 2.90. The van der Waals surface area contributed by atoms with E-state index in [2.05, 4.69) is 23.1 Å². The molecule has 0 aromatic heterocycles.